The molecule has 0 spiro atoms. The number of hydrogen-bond acceptors (Lipinski definition) is 3. The van der Waals surface area contributed by atoms with Crippen LogP contribution in [0.15, 0.2) is 0 Å². The van der Waals surface area contributed by atoms with Crippen molar-refractivity contribution in [2.75, 3.05) is 6.26 Å². The standard InChI is InChI=1S/C17H32N2OS/c1-5-6-15-17(20)19(16(18-15)11-12(2)3)13-7-9-14(21-4)10-8-13/h12-16,18H,5-11H2,1-4H3. The smallest absolute Gasteiger partial charge is 0.241 e. The second kappa shape index (κ2) is 7.87. The largest absolute Gasteiger partial charge is 0.323 e. The fraction of sp³-hybridized carbons (Fsp3) is 0.941. The molecule has 1 amide bonds. The second-order valence-electron chi connectivity index (χ2n) is 7.07. The Morgan fingerprint density at radius 3 is 2.48 bits per heavy atom. The third-order valence-corrected chi connectivity index (χ3v) is 6.06. The summed E-state index contributed by atoms with van der Waals surface area (Å²) in [6, 6.07) is 0.538. The summed E-state index contributed by atoms with van der Waals surface area (Å²) in [6.45, 7) is 6.67. The molecule has 1 saturated heterocycles. The highest BCUT2D eigenvalue weighted by atomic mass is 32.2. The van der Waals surface area contributed by atoms with Crippen LogP contribution in [0, 0.1) is 5.92 Å². The molecule has 0 bridgehead atoms. The number of nitrogens with zero attached hydrogens (tertiary/aromatic N) is 1. The summed E-state index contributed by atoms with van der Waals surface area (Å²) in [6.07, 6.45) is 10.5. The highest BCUT2D eigenvalue weighted by Crippen LogP contribution is 2.33. The lowest BCUT2D eigenvalue weighted by Crippen LogP contribution is -2.47. The molecule has 0 aromatic rings. The summed E-state index contributed by atoms with van der Waals surface area (Å²) >= 11 is 1.99. The molecule has 2 aliphatic rings. The molecule has 1 aliphatic heterocycles. The van der Waals surface area contributed by atoms with Crippen LogP contribution in [0.25, 0.3) is 0 Å². The summed E-state index contributed by atoms with van der Waals surface area (Å²) in [5.41, 5.74) is 0. The summed E-state index contributed by atoms with van der Waals surface area (Å²) in [4.78, 5) is 15.0. The van der Waals surface area contributed by atoms with Crippen LogP contribution in [-0.4, -0.2) is 40.6 Å². The Labute approximate surface area is 134 Å². The predicted molar refractivity (Wildman–Crippen MR) is 91.5 cm³/mol. The summed E-state index contributed by atoms with van der Waals surface area (Å²) in [5.74, 6) is 0.996. The lowest BCUT2D eigenvalue weighted by atomic mass is 9.92. The predicted octanol–water partition coefficient (Wildman–Crippen LogP) is 3.63. The Balaban J connectivity index is 2.04. The van der Waals surface area contributed by atoms with E-state index >= 15 is 0 Å². The van der Waals surface area contributed by atoms with Gasteiger partial charge < -0.3 is 4.90 Å². The van der Waals surface area contributed by atoms with Crippen LogP contribution in [0.4, 0.5) is 0 Å². The SMILES string of the molecule is CCCC1NC(CC(C)C)N(C2CCC(SC)CC2)C1=O. The van der Waals surface area contributed by atoms with Crippen LogP contribution in [0.5, 0.6) is 0 Å². The maximum Gasteiger partial charge on any atom is 0.241 e. The Hall–Kier alpha value is -0.220. The molecular weight excluding hydrogens is 280 g/mol. The molecule has 21 heavy (non-hydrogen) atoms. The number of nitrogens with one attached hydrogen (secondary N) is 1. The van der Waals surface area contributed by atoms with Crippen LogP contribution in [0.3, 0.4) is 0 Å². The van der Waals surface area contributed by atoms with Gasteiger partial charge in [-0.15, -0.1) is 0 Å². The van der Waals surface area contributed by atoms with Gasteiger partial charge in [-0.25, -0.2) is 0 Å². The van der Waals surface area contributed by atoms with E-state index in [9.17, 15) is 4.79 Å². The number of carbonyl (C=O) groups is 1. The van der Waals surface area contributed by atoms with Gasteiger partial charge in [0.15, 0.2) is 0 Å². The number of carbonyl (C=O) groups excluding carboxylic acids is 1. The Bertz CT molecular complexity index is 340. The zero-order valence-corrected chi connectivity index (χ0v) is 14.9. The highest BCUT2D eigenvalue weighted by Gasteiger charge is 2.42. The first-order chi connectivity index (χ1) is 10.1. The maximum atomic E-state index is 12.8. The first-order valence-electron chi connectivity index (χ1n) is 8.67. The molecule has 1 N–H and O–H groups in total. The van der Waals surface area contributed by atoms with Crippen molar-refractivity contribution in [3.05, 3.63) is 0 Å². The van der Waals surface area contributed by atoms with E-state index in [1.165, 1.54) is 25.7 Å². The van der Waals surface area contributed by atoms with Crippen LogP contribution in [0.2, 0.25) is 0 Å². The molecule has 122 valence electrons. The van der Waals surface area contributed by atoms with Crippen molar-refractivity contribution in [3.63, 3.8) is 0 Å². The monoisotopic (exact) mass is 312 g/mol. The topological polar surface area (TPSA) is 32.3 Å². The molecule has 2 unspecified atom stereocenters. The Morgan fingerprint density at radius 2 is 1.95 bits per heavy atom. The summed E-state index contributed by atoms with van der Waals surface area (Å²) in [7, 11) is 0. The van der Waals surface area contributed by atoms with Crippen molar-refractivity contribution in [2.45, 2.75) is 89.2 Å². The van der Waals surface area contributed by atoms with Gasteiger partial charge in [0.05, 0.1) is 12.2 Å². The third-order valence-electron chi connectivity index (χ3n) is 4.92. The van der Waals surface area contributed by atoms with Crippen molar-refractivity contribution in [2.24, 2.45) is 5.92 Å². The second-order valence-corrected chi connectivity index (χ2v) is 8.20. The van der Waals surface area contributed by atoms with E-state index in [1.54, 1.807) is 0 Å². The lowest BCUT2D eigenvalue weighted by Gasteiger charge is -2.37. The van der Waals surface area contributed by atoms with Crippen molar-refractivity contribution >= 4 is 17.7 Å². The quantitative estimate of drug-likeness (QED) is 0.813. The molecule has 4 heteroatoms. The average Bonchev–Trinajstić information content (AvgIpc) is 2.75. The molecule has 1 saturated carbocycles. The van der Waals surface area contributed by atoms with Crippen LogP contribution < -0.4 is 5.32 Å². The molecule has 1 aliphatic carbocycles. The zero-order chi connectivity index (χ0) is 15.4. The highest BCUT2D eigenvalue weighted by molar-refractivity contribution is 7.99. The van der Waals surface area contributed by atoms with E-state index in [2.05, 4.69) is 37.2 Å². The number of amides is 1. The minimum absolute atomic E-state index is 0.0667. The fourth-order valence-corrected chi connectivity index (χ4v) is 4.58. The van der Waals surface area contributed by atoms with Crippen molar-refractivity contribution in [1.82, 2.24) is 10.2 Å². The van der Waals surface area contributed by atoms with Gasteiger partial charge in [-0.3, -0.25) is 10.1 Å². The normalized spacial score (nSPS) is 34.0. The Kier molecular flexibility index (Phi) is 6.42. The molecule has 3 nitrogen and oxygen atoms in total. The van der Waals surface area contributed by atoms with E-state index in [0.29, 0.717) is 17.9 Å². The van der Waals surface area contributed by atoms with E-state index in [-0.39, 0.29) is 12.2 Å². The van der Waals surface area contributed by atoms with Crippen molar-refractivity contribution in [3.8, 4) is 0 Å². The molecule has 1 heterocycles. The minimum atomic E-state index is 0.0667. The molecule has 2 fully saturated rings. The molecule has 0 aromatic carbocycles. The van der Waals surface area contributed by atoms with Gasteiger partial charge in [-0.05, 0) is 50.7 Å². The summed E-state index contributed by atoms with van der Waals surface area (Å²) < 4.78 is 0. The van der Waals surface area contributed by atoms with Gasteiger partial charge in [0.25, 0.3) is 0 Å². The fourth-order valence-electron chi connectivity index (χ4n) is 3.83. The molecular formula is C17H32N2OS. The van der Waals surface area contributed by atoms with E-state index in [0.717, 1.165) is 24.5 Å². The third kappa shape index (κ3) is 4.16. The van der Waals surface area contributed by atoms with Crippen molar-refractivity contribution < 1.29 is 4.79 Å². The first-order valence-corrected chi connectivity index (χ1v) is 9.96. The molecule has 0 radical (unpaired) electrons. The summed E-state index contributed by atoms with van der Waals surface area (Å²) in [5, 5.41) is 4.42. The van der Waals surface area contributed by atoms with Gasteiger partial charge in [0.2, 0.25) is 5.91 Å². The van der Waals surface area contributed by atoms with Gasteiger partial charge in [0.1, 0.15) is 0 Å². The maximum absolute atomic E-state index is 12.8. The Morgan fingerprint density at radius 1 is 1.29 bits per heavy atom. The van der Waals surface area contributed by atoms with E-state index < -0.39 is 0 Å². The van der Waals surface area contributed by atoms with Gasteiger partial charge in [-0.2, -0.15) is 11.8 Å². The number of rotatable bonds is 6. The van der Waals surface area contributed by atoms with Gasteiger partial charge in [-0.1, -0.05) is 27.2 Å². The molecule has 2 rings (SSSR count). The van der Waals surface area contributed by atoms with Gasteiger partial charge >= 0.3 is 0 Å². The van der Waals surface area contributed by atoms with Crippen LogP contribution in [0.1, 0.15) is 65.7 Å². The van der Waals surface area contributed by atoms with Crippen LogP contribution in [-0.2, 0) is 4.79 Å². The average molecular weight is 313 g/mol. The molecule has 0 aromatic heterocycles. The lowest BCUT2D eigenvalue weighted by molar-refractivity contribution is -0.133. The minimum Gasteiger partial charge on any atom is -0.323 e. The zero-order valence-electron chi connectivity index (χ0n) is 14.1. The van der Waals surface area contributed by atoms with Crippen molar-refractivity contribution in [1.29, 1.82) is 0 Å². The van der Waals surface area contributed by atoms with Gasteiger partial charge in [0, 0.05) is 11.3 Å². The van der Waals surface area contributed by atoms with Crippen LogP contribution >= 0.6 is 11.8 Å². The van der Waals surface area contributed by atoms with E-state index in [1.807, 2.05) is 11.8 Å². The van der Waals surface area contributed by atoms with E-state index in [4.69, 9.17) is 0 Å². The first kappa shape index (κ1) is 17.1. The molecule has 2 atom stereocenters. The number of hydrogen-bond donors (Lipinski definition) is 1. The number of thioether (sulfide) groups is 1.